The average Bonchev–Trinajstić information content (AvgIpc) is 2.61. The van der Waals surface area contributed by atoms with E-state index in [0.29, 0.717) is 36.6 Å². The van der Waals surface area contributed by atoms with E-state index in [0.717, 1.165) is 0 Å². The Morgan fingerprint density at radius 3 is 2.62 bits per heavy atom. The molecule has 0 bridgehead atoms. The molecule has 0 unspecified atom stereocenters. The molecule has 0 aliphatic carbocycles. The number of hydrogen-bond acceptors (Lipinski definition) is 5. The smallest absolute Gasteiger partial charge is 0.228 e. The van der Waals surface area contributed by atoms with Crippen molar-refractivity contribution in [2.24, 2.45) is 5.92 Å². The Morgan fingerprint density at radius 2 is 2.00 bits per heavy atom. The van der Waals surface area contributed by atoms with E-state index in [1.165, 1.54) is 11.4 Å². The van der Waals surface area contributed by atoms with E-state index in [1.807, 2.05) is 0 Å². The van der Waals surface area contributed by atoms with Crippen LogP contribution in [0.1, 0.15) is 19.8 Å². The Balaban J connectivity index is 2.07. The van der Waals surface area contributed by atoms with Gasteiger partial charge in [-0.25, -0.2) is 12.7 Å². The molecule has 1 saturated heterocycles. The summed E-state index contributed by atoms with van der Waals surface area (Å²) >= 11 is 0. The lowest BCUT2D eigenvalue weighted by atomic mass is 9.98. The van der Waals surface area contributed by atoms with E-state index in [4.69, 9.17) is 9.47 Å². The Labute approximate surface area is 143 Å². The van der Waals surface area contributed by atoms with Crippen molar-refractivity contribution >= 4 is 21.6 Å². The number of rotatable bonds is 6. The van der Waals surface area contributed by atoms with Gasteiger partial charge in [0.05, 0.1) is 25.9 Å². The molecule has 1 N–H and O–H groups in total. The van der Waals surface area contributed by atoms with Gasteiger partial charge in [-0.1, -0.05) is 0 Å². The first-order valence-electron chi connectivity index (χ1n) is 7.92. The number of sulfonamides is 1. The molecule has 8 heteroatoms. The van der Waals surface area contributed by atoms with Crippen LogP contribution < -0.4 is 14.8 Å². The van der Waals surface area contributed by atoms with Crippen LogP contribution in [0.5, 0.6) is 11.5 Å². The Kier molecular flexibility index (Phi) is 6.06. The summed E-state index contributed by atoms with van der Waals surface area (Å²) in [4.78, 5) is 12.5. The van der Waals surface area contributed by atoms with Crippen LogP contribution in [-0.2, 0) is 14.8 Å². The van der Waals surface area contributed by atoms with E-state index in [-0.39, 0.29) is 24.1 Å². The molecule has 0 aromatic heterocycles. The summed E-state index contributed by atoms with van der Waals surface area (Å²) in [6, 6.07) is 5.12. The maximum atomic E-state index is 12.5. The summed E-state index contributed by atoms with van der Waals surface area (Å²) in [7, 11) is -0.195. The quantitative estimate of drug-likeness (QED) is 0.839. The maximum Gasteiger partial charge on any atom is 0.228 e. The Hall–Kier alpha value is -1.80. The number of hydrogen-bond donors (Lipinski definition) is 1. The molecule has 1 heterocycles. The number of nitrogens with one attached hydrogen (secondary N) is 1. The zero-order valence-corrected chi connectivity index (χ0v) is 15.1. The summed E-state index contributed by atoms with van der Waals surface area (Å²) in [6.07, 6.45) is 1.36. The van der Waals surface area contributed by atoms with Gasteiger partial charge >= 0.3 is 0 Å². The number of piperidine rings is 1. The number of ether oxygens (including phenoxy) is 2. The molecule has 0 spiro atoms. The molecule has 0 saturated carbocycles. The molecular formula is C16H24N2O5S. The monoisotopic (exact) mass is 356 g/mol. The predicted octanol–water partition coefficient (Wildman–Crippen LogP) is 1.70. The van der Waals surface area contributed by atoms with Crippen molar-refractivity contribution in [3.05, 3.63) is 18.2 Å². The van der Waals surface area contributed by atoms with Gasteiger partial charge in [0.15, 0.2) is 11.5 Å². The predicted molar refractivity (Wildman–Crippen MR) is 91.9 cm³/mol. The summed E-state index contributed by atoms with van der Waals surface area (Å²) < 4.78 is 35.8. The van der Waals surface area contributed by atoms with Crippen molar-refractivity contribution in [2.45, 2.75) is 19.8 Å². The van der Waals surface area contributed by atoms with Crippen LogP contribution >= 0.6 is 0 Å². The summed E-state index contributed by atoms with van der Waals surface area (Å²) in [6.45, 7) is 2.33. The molecule has 1 aliphatic heterocycles. The molecule has 2 rings (SSSR count). The first kappa shape index (κ1) is 18.5. The second kappa shape index (κ2) is 7.85. The van der Waals surface area contributed by atoms with Crippen LogP contribution in [0, 0.1) is 5.92 Å². The molecule has 1 aromatic rings. The molecular weight excluding hydrogens is 332 g/mol. The van der Waals surface area contributed by atoms with Crippen LogP contribution in [0.15, 0.2) is 18.2 Å². The number of nitrogens with zero attached hydrogens (tertiary/aromatic N) is 1. The van der Waals surface area contributed by atoms with E-state index in [2.05, 4.69) is 5.32 Å². The van der Waals surface area contributed by atoms with Crippen LogP contribution in [0.25, 0.3) is 0 Å². The number of anilines is 1. The summed E-state index contributed by atoms with van der Waals surface area (Å²) in [5.74, 6) is 0.616. The van der Waals surface area contributed by atoms with Crippen molar-refractivity contribution in [3.63, 3.8) is 0 Å². The number of carbonyl (C=O) groups excluding carboxylic acids is 1. The number of amides is 1. The third kappa shape index (κ3) is 4.18. The van der Waals surface area contributed by atoms with Crippen molar-refractivity contribution < 1.29 is 22.7 Å². The van der Waals surface area contributed by atoms with Crippen molar-refractivity contribution in [2.75, 3.05) is 38.4 Å². The minimum absolute atomic E-state index is 0.0526. The molecule has 1 aromatic carbocycles. The van der Waals surface area contributed by atoms with Crippen molar-refractivity contribution in [3.8, 4) is 11.5 Å². The highest BCUT2D eigenvalue weighted by Gasteiger charge is 2.31. The minimum atomic E-state index is -3.26. The highest BCUT2D eigenvalue weighted by molar-refractivity contribution is 7.89. The van der Waals surface area contributed by atoms with Gasteiger partial charge < -0.3 is 14.8 Å². The number of benzene rings is 1. The van der Waals surface area contributed by atoms with Gasteiger partial charge in [0.2, 0.25) is 15.9 Å². The molecule has 1 atom stereocenters. The lowest BCUT2D eigenvalue weighted by Crippen LogP contribution is -2.44. The highest BCUT2D eigenvalue weighted by atomic mass is 32.2. The fourth-order valence-electron chi connectivity index (χ4n) is 2.75. The van der Waals surface area contributed by atoms with Crippen molar-refractivity contribution in [1.82, 2.24) is 4.31 Å². The largest absolute Gasteiger partial charge is 0.493 e. The molecule has 0 radical (unpaired) electrons. The van der Waals surface area contributed by atoms with Gasteiger partial charge in [-0.15, -0.1) is 0 Å². The maximum absolute atomic E-state index is 12.5. The van der Waals surface area contributed by atoms with Crippen LogP contribution in [0.3, 0.4) is 0 Å². The third-order valence-electron chi connectivity index (χ3n) is 4.16. The van der Waals surface area contributed by atoms with Crippen LogP contribution in [0.4, 0.5) is 5.69 Å². The standard InChI is InChI=1S/C16H24N2O5S/c1-4-24(20,21)18-9-5-6-12(11-18)16(19)17-13-7-8-14(22-2)15(10-13)23-3/h7-8,10,12H,4-6,9,11H2,1-3H3,(H,17,19)/t12-/m0/s1. The molecule has 7 nitrogen and oxygen atoms in total. The van der Waals surface area contributed by atoms with Gasteiger partial charge in [0.25, 0.3) is 0 Å². The zero-order chi connectivity index (χ0) is 17.7. The van der Waals surface area contributed by atoms with E-state index < -0.39 is 10.0 Å². The van der Waals surface area contributed by atoms with Crippen molar-refractivity contribution in [1.29, 1.82) is 0 Å². The average molecular weight is 356 g/mol. The fraction of sp³-hybridized carbons (Fsp3) is 0.562. The van der Waals surface area contributed by atoms with Gasteiger partial charge in [0.1, 0.15) is 0 Å². The topological polar surface area (TPSA) is 84.9 Å². The second-order valence-corrected chi connectivity index (χ2v) is 7.91. The molecule has 1 fully saturated rings. The van der Waals surface area contributed by atoms with Gasteiger partial charge in [0, 0.05) is 24.8 Å². The van der Waals surface area contributed by atoms with Gasteiger partial charge in [-0.3, -0.25) is 4.79 Å². The van der Waals surface area contributed by atoms with E-state index in [1.54, 1.807) is 32.2 Å². The van der Waals surface area contributed by atoms with Gasteiger partial charge in [-0.05, 0) is 31.9 Å². The molecule has 1 amide bonds. The van der Waals surface area contributed by atoms with E-state index >= 15 is 0 Å². The minimum Gasteiger partial charge on any atom is -0.493 e. The fourth-order valence-corrected chi connectivity index (χ4v) is 3.93. The highest BCUT2D eigenvalue weighted by Crippen LogP contribution is 2.30. The first-order chi connectivity index (χ1) is 11.4. The zero-order valence-electron chi connectivity index (χ0n) is 14.2. The third-order valence-corrected chi connectivity index (χ3v) is 6.01. The molecule has 24 heavy (non-hydrogen) atoms. The van der Waals surface area contributed by atoms with Crippen LogP contribution in [0.2, 0.25) is 0 Å². The normalized spacial score (nSPS) is 18.9. The van der Waals surface area contributed by atoms with Gasteiger partial charge in [-0.2, -0.15) is 0 Å². The lowest BCUT2D eigenvalue weighted by Gasteiger charge is -2.30. The summed E-state index contributed by atoms with van der Waals surface area (Å²) in [5.41, 5.74) is 0.591. The molecule has 1 aliphatic rings. The number of carbonyl (C=O) groups is 1. The Bertz CT molecular complexity index is 690. The second-order valence-electron chi connectivity index (χ2n) is 5.66. The molecule has 134 valence electrons. The lowest BCUT2D eigenvalue weighted by molar-refractivity contribution is -0.120. The Morgan fingerprint density at radius 1 is 1.29 bits per heavy atom. The SMILES string of the molecule is CCS(=O)(=O)N1CCC[C@H](C(=O)Nc2ccc(OC)c(OC)c2)C1. The first-order valence-corrected chi connectivity index (χ1v) is 9.53. The number of methoxy groups -OCH3 is 2. The summed E-state index contributed by atoms with van der Waals surface area (Å²) in [5, 5.41) is 2.83. The van der Waals surface area contributed by atoms with E-state index in [9.17, 15) is 13.2 Å². The van der Waals surface area contributed by atoms with Crippen LogP contribution in [-0.4, -0.2) is 51.7 Å².